The van der Waals surface area contributed by atoms with E-state index in [1.54, 1.807) is 97.1 Å². The van der Waals surface area contributed by atoms with Gasteiger partial charge >= 0.3 is 0 Å². The van der Waals surface area contributed by atoms with Gasteiger partial charge in [0.2, 0.25) is 0 Å². The summed E-state index contributed by atoms with van der Waals surface area (Å²) >= 11 is 0. The fourth-order valence-electron chi connectivity index (χ4n) is 5.75. The molecule has 0 aliphatic rings. The SMILES string of the molecule is Oc1cccc(-c2nc3ccc(Oc4ccc5nc(-c6cccc(O)c6)c(-c6cccc(O)c6)nc5c4)cc3nc2-c2cccc(O)c2)c1. The lowest BCUT2D eigenvalue weighted by Crippen LogP contribution is -1.97. The molecule has 0 saturated carbocycles. The Morgan fingerprint density at radius 3 is 0.939 bits per heavy atom. The lowest BCUT2D eigenvalue weighted by molar-refractivity contribution is 0.475. The highest BCUT2D eigenvalue weighted by atomic mass is 16.5. The third kappa shape index (κ3) is 5.88. The fourth-order valence-corrected chi connectivity index (χ4v) is 5.75. The van der Waals surface area contributed by atoms with Gasteiger partial charge in [0.25, 0.3) is 0 Å². The number of aromatic nitrogens is 4. The van der Waals surface area contributed by atoms with Gasteiger partial charge in [-0.15, -0.1) is 0 Å². The number of phenols is 4. The Bertz CT molecular complexity index is 2380. The van der Waals surface area contributed by atoms with E-state index in [1.807, 2.05) is 36.4 Å². The first kappa shape index (κ1) is 29.4. The van der Waals surface area contributed by atoms with E-state index in [1.165, 1.54) is 0 Å². The summed E-state index contributed by atoms with van der Waals surface area (Å²) in [7, 11) is 0. The van der Waals surface area contributed by atoms with Crippen LogP contribution in [0, 0.1) is 0 Å². The van der Waals surface area contributed by atoms with Crippen LogP contribution in [0.2, 0.25) is 0 Å². The largest absolute Gasteiger partial charge is 0.508 e. The topological polar surface area (TPSA) is 142 Å². The van der Waals surface area contributed by atoms with Gasteiger partial charge in [-0.05, 0) is 72.8 Å². The van der Waals surface area contributed by atoms with Crippen LogP contribution in [0.5, 0.6) is 34.5 Å². The van der Waals surface area contributed by atoms with Gasteiger partial charge in [-0.25, -0.2) is 19.9 Å². The quantitative estimate of drug-likeness (QED) is 0.140. The zero-order chi connectivity index (χ0) is 33.5. The Hall–Kier alpha value is -7.00. The summed E-state index contributed by atoms with van der Waals surface area (Å²) in [6, 6.07) is 38.0. The minimum absolute atomic E-state index is 0.0963. The Morgan fingerprint density at radius 2 is 0.633 bits per heavy atom. The molecule has 8 rings (SSSR count). The Labute approximate surface area is 279 Å². The van der Waals surface area contributed by atoms with Gasteiger partial charge in [0.1, 0.15) is 34.5 Å². The number of benzene rings is 6. The molecular weight excluding hydrogens is 616 g/mol. The van der Waals surface area contributed by atoms with E-state index in [0.29, 0.717) is 78.6 Å². The van der Waals surface area contributed by atoms with Crippen molar-refractivity contribution in [2.75, 3.05) is 0 Å². The number of aromatic hydroxyl groups is 4. The highest BCUT2D eigenvalue weighted by Crippen LogP contribution is 2.37. The molecule has 6 aromatic carbocycles. The Morgan fingerprint density at radius 1 is 0.327 bits per heavy atom. The van der Waals surface area contributed by atoms with E-state index >= 15 is 0 Å². The van der Waals surface area contributed by atoms with E-state index in [9.17, 15) is 20.4 Å². The summed E-state index contributed by atoms with van der Waals surface area (Å²) in [4.78, 5) is 19.7. The van der Waals surface area contributed by atoms with Gasteiger partial charge in [0.15, 0.2) is 0 Å². The molecule has 0 bridgehead atoms. The summed E-state index contributed by atoms with van der Waals surface area (Å²) in [5.74, 6) is 1.44. The predicted molar refractivity (Wildman–Crippen MR) is 188 cm³/mol. The van der Waals surface area contributed by atoms with Gasteiger partial charge in [-0.3, -0.25) is 0 Å². The van der Waals surface area contributed by atoms with Crippen molar-refractivity contribution in [1.82, 2.24) is 19.9 Å². The number of rotatable bonds is 6. The summed E-state index contributed by atoms with van der Waals surface area (Å²) < 4.78 is 6.30. The molecule has 9 nitrogen and oxygen atoms in total. The van der Waals surface area contributed by atoms with Crippen LogP contribution in [0.4, 0.5) is 0 Å². The van der Waals surface area contributed by atoms with Gasteiger partial charge in [0, 0.05) is 34.4 Å². The van der Waals surface area contributed by atoms with E-state index < -0.39 is 0 Å². The highest BCUT2D eigenvalue weighted by Gasteiger charge is 2.17. The molecule has 9 heteroatoms. The monoisotopic (exact) mass is 642 g/mol. The van der Waals surface area contributed by atoms with Crippen LogP contribution in [0.1, 0.15) is 0 Å². The molecule has 2 aromatic heterocycles. The van der Waals surface area contributed by atoms with Crippen molar-refractivity contribution in [1.29, 1.82) is 0 Å². The molecule has 236 valence electrons. The van der Waals surface area contributed by atoms with Crippen LogP contribution in [0.25, 0.3) is 67.1 Å². The van der Waals surface area contributed by atoms with E-state index in [2.05, 4.69) is 0 Å². The van der Waals surface area contributed by atoms with Crippen molar-refractivity contribution in [3.8, 4) is 79.5 Å². The molecule has 0 spiro atoms. The third-order valence-corrected chi connectivity index (χ3v) is 7.99. The molecule has 0 unspecified atom stereocenters. The zero-order valence-electron chi connectivity index (χ0n) is 25.7. The van der Waals surface area contributed by atoms with Gasteiger partial charge in [-0.2, -0.15) is 0 Å². The molecule has 0 aliphatic heterocycles. The van der Waals surface area contributed by atoms with E-state index in [0.717, 1.165) is 0 Å². The number of phenolic OH excluding ortho intramolecular Hbond substituents is 4. The number of hydrogen-bond acceptors (Lipinski definition) is 9. The maximum atomic E-state index is 10.2. The molecule has 49 heavy (non-hydrogen) atoms. The first-order valence-electron chi connectivity index (χ1n) is 15.4. The van der Waals surface area contributed by atoms with Crippen molar-refractivity contribution in [2.24, 2.45) is 0 Å². The summed E-state index contributed by atoms with van der Waals surface area (Å²) in [5, 5.41) is 40.8. The first-order valence-corrected chi connectivity index (χ1v) is 15.4. The third-order valence-electron chi connectivity index (χ3n) is 7.99. The normalized spacial score (nSPS) is 11.2. The molecule has 2 heterocycles. The lowest BCUT2D eigenvalue weighted by Gasteiger charge is -2.13. The molecule has 8 aromatic rings. The number of hydrogen-bond donors (Lipinski definition) is 4. The summed E-state index contributed by atoms with van der Waals surface area (Å²) in [5.41, 5.74) is 7.27. The number of nitrogens with zero attached hydrogens (tertiary/aromatic N) is 4. The maximum absolute atomic E-state index is 10.2. The van der Waals surface area contributed by atoms with Gasteiger partial charge < -0.3 is 25.2 Å². The van der Waals surface area contributed by atoms with Crippen molar-refractivity contribution < 1.29 is 25.2 Å². The van der Waals surface area contributed by atoms with E-state index in [-0.39, 0.29) is 23.0 Å². The van der Waals surface area contributed by atoms with Crippen LogP contribution in [0.15, 0.2) is 133 Å². The van der Waals surface area contributed by atoms with Gasteiger partial charge in [0.05, 0.1) is 44.8 Å². The number of fused-ring (bicyclic) bond motifs is 2. The van der Waals surface area contributed by atoms with Crippen LogP contribution in [0.3, 0.4) is 0 Å². The fraction of sp³-hybridized carbons (Fsp3) is 0. The number of ether oxygens (including phenoxy) is 1. The van der Waals surface area contributed by atoms with Crippen molar-refractivity contribution in [3.05, 3.63) is 133 Å². The predicted octanol–water partition coefficient (Wildman–Crippen LogP) is 8.86. The van der Waals surface area contributed by atoms with Crippen LogP contribution >= 0.6 is 0 Å². The molecule has 0 aliphatic carbocycles. The molecule has 0 amide bonds. The Kier molecular flexibility index (Phi) is 7.19. The molecule has 0 radical (unpaired) electrons. The second kappa shape index (κ2) is 12.0. The van der Waals surface area contributed by atoms with Crippen molar-refractivity contribution in [3.63, 3.8) is 0 Å². The average Bonchev–Trinajstić information content (AvgIpc) is 3.10. The van der Waals surface area contributed by atoms with E-state index in [4.69, 9.17) is 24.7 Å². The van der Waals surface area contributed by atoms with Crippen molar-refractivity contribution >= 4 is 22.1 Å². The minimum atomic E-state index is 0.0963. The van der Waals surface area contributed by atoms with Crippen molar-refractivity contribution in [2.45, 2.75) is 0 Å². The van der Waals surface area contributed by atoms with Crippen LogP contribution in [-0.4, -0.2) is 40.4 Å². The first-order chi connectivity index (χ1) is 23.9. The standard InChI is InChI=1S/C40H26N4O5/c45-27-9-1-5-23(17-27)37-39(25-7-3-11-29(47)19-25)43-35-21-31(13-15-33(35)41-37)49-32-14-16-34-36(22-32)44-40(26-8-4-12-30(48)20-26)38(42-34)24-6-2-10-28(46)18-24/h1-22,45-48H. The molecule has 4 N–H and O–H groups in total. The smallest absolute Gasteiger partial charge is 0.129 e. The highest BCUT2D eigenvalue weighted by molar-refractivity contribution is 5.89. The molecular formula is C40H26N4O5. The minimum Gasteiger partial charge on any atom is -0.508 e. The molecule has 0 fully saturated rings. The summed E-state index contributed by atoms with van der Waals surface area (Å²) in [6.45, 7) is 0. The molecule has 0 atom stereocenters. The molecule has 0 saturated heterocycles. The average molecular weight is 643 g/mol. The van der Waals surface area contributed by atoms with Gasteiger partial charge in [-0.1, -0.05) is 48.5 Å². The maximum Gasteiger partial charge on any atom is 0.129 e. The lowest BCUT2D eigenvalue weighted by atomic mass is 10.0. The summed E-state index contributed by atoms with van der Waals surface area (Å²) in [6.07, 6.45) is 0. The second-order valence-corrected chi connectivity index (χ2v) is 11.4. The van der Waals surface area contributed by atoms with Crippen LogP contribution < -0.4 is 4.74 Å². The second-order valence-electron chi connectivity index (χ2n) is 11.4. The van der Waals surface area contributed by atoms with Crippen LogP contribution in [-0.2, 0) is 0 Å². The zero-order valence-corrected chi connectivity index (χ0v) is 25.7. The Balaban J connectivity index is 1.20.